The summed E-state index contributed by atoms with van der Waals surface area (Å²) >= 11 is 0. The summed E-state index contributed by atoms with van der Waals surface area (Å²) in [4.78, 5) is 23.8. The zero-order chi connectivity index (χ0) is 12.6. The molecule has 1 aliphatic heterocycles. The maximum atomic E-state index is 13.1. The molecule has 0 aliphatic carbocycles. The van der Waals surface area contributed by atoms with Crippen LogP contribution >= 0.6 is 0 Å². The normalized spacial score (nSPS) is 19.8. The second kappa shape index (κ2) is 4.12. The zero-order valence-electron chi connectivity index (χ0n) is 8.82. The van der Waals surface area contributed by atoms with Crippen LogP contribution in [-0.4, -0.2) is 17.9 Å². The molecule has 17 heavy (non-hydrogen) atoms. The summed E-state index contributed by atoms with van der Waals surface area (Å²) in [5.74, 6) is -3.04. The molecule has 1 unspecified atom stereocenters. The van der Waals surface area contributed by atoms with Gasteiger partial charge >= 0.3 is 0 Å². The summed E-state index contributed by atoms with van der Waals surface area (Å²) in [6.45, 7) is 0. The number of primary amides is 1. The first-order chi connectivity index (χ1) is 8.00. The van der Waals surface area contributed by atoms with E-state index in [1.165, 1.54) is 6.07 Å². The van der Waals surface area contributed by atoms with Crippen LogP contribution in [0.25, 0.3) is 0 Å². The highest BCUT2D eigenvalue weighted by molar-refractivity contribution is 6.03. The Morgan fingerprint density at radius 3 is 2.65 bits per heavy atom. The van der Waals surface area contributed by atoms with Crippen molar-refractivity contribution >= 4 is 17.5 Å². The number of amides is 2. The predicted molar refractivity (Wildman–Crippen MR) is 56.1 cm³/mol. The number of nitrogens with two attached hydrogens (primary N) is 1. The summed E-state index contributed by atoms with van der Waals surface area (Å²) in [6, 6.07) is 2.26. The van der Waals surface area contributed by atoms with Crippen LogP contribution in [0, 0.1) is 11.6 Å². The Balaban J connectivity index is 2.39. The van der Waals surface area contributed by atoms with Crippen molar-refractivity contribution in [2.24, 2.45) is 5.73 Å². The molecule has 6 heteroatoms. The summed E-state index contributed by atoms with van der Waals surface area (Å²) in [5.41, 5.74) is 5.30. The Labute approximate surface area is 96.0 Å². The molecular formula is C11H10F2N2O2. The van der Waals surface area contributed by atoms with E-state index in [0.29, 0.717) is 6.42 Å². The van der Waals surface area contributed by atoms with Crippen LogP contribution in [0.1, 0.15) is 12.8 Å². The minimum Gasteiger partial charge on any atom is -0.368 e. The third-order valence-electron chi connectivity index (χ3n) is 2.72. The third-order valence-corrected chi connectivity index (χ3v) is 2.72. The highest BCUT2D eigenvalue weighted by Crippen LogP contribution is 2.27. The van der Waals surface area contributed by atoms with E-state index in [-0.39, 0.29) is 18.0 Å². The van der Waals surface area contributed by atoms with Gasteiger partial charge in [0.15, 0.2) is 11.6 Å². The first-order valence-electron chi connectivity index (χ1n) is 5.07. The quantitative estimate of drug-likeness (QED) is 0.836. The molecule has 1 fully saturated rings. The lowest BCUT2D eigenvalue weighted by Crippen LogP contribution is -2.42. The van der Waals surface area contributed by atoms with Crippen LogP contribution < -0.4 is 10.6 Å². The van der Waals surface area contributed by atoms with Crippen LogP contribution in [0.15, 0.2) is 18.2 Å². The van der Waals surface area contributed by atoms with Gasteiger partial charge in [-0.2, -0.15) is 0 Å². The smallest absolute Gasteiger partial charge is 0.240 e. The van der Waals surface area contributed by atoms with E-state index >= 15 is 0 Å². The van der Waals surface area contributed by atoms with Crippen molar-refractivity contribution in [3.05, 3.63) is 29.8 Å². The van der Waals surface area contributed by atoms with Gasteiger partial charge in [-0.25, -0.2) is 8.78 Å². The number of nitrogens with zero attached hydrogens (tertiary/aromatic N) is 1. The van der Waals surface area contributed by atoms with Crippen molar-refractivity contribution < 1.29 is 18.4 Å². The van der Waals surface area contributed by atoms with Gasteiger partial charge in [-0.3, -0.25) is 14.5 Å². The first-order valence-corrected chi connectivity index (χ1v) is 5.07. The number of hydrogen-bond acceptors (Lipinski definition) is 2. The van der Waals surface area contributed by atoms with Gasteiger partial charge in [-0.05, 0) is 18.6 Å². The summed E-state index contributed by atoms with van der Waals surface area (Å²) in [5, 5.41) is 0. The van der Waals surface area contributed by atoms with E-state index in [2.05, 4.69) is 0 Å². The maximum absolute atomic E-state index is 13.1. The summed E-state index contributed by atoms with van der Waals surface area (Å²) in [7, 11) is 0. The van der Waals surface area contributed by atoms with E-state index < -0.39 is 23.6 Å². The molecule has 0 spiro atoms. The molecule has 1 aliphatic rings. The average Bonchev–Trinajstić information content (AvgIpc) is 2.64. The Morgan fingerprint density at radius 1 is 1.35 bits per heavy atom. The lowest BCUT2D eigenvalue weighted by atomic mass is 10.2. The Bertz CT molecular complexity index is 490. The van der Waals surface area contributed by atoms with Crippen LogP contribution in [0.3, 0.4) is 0 Å². The standard InChI is InChI=1S/C11H10F2N2O2/c12-7-2-1-6(5-8(7)13)15-9(11(14)17)3-4-10(15)16/h1-2,5,9H,3-4H2,(H2,14,17). The first kappa shape index (κ1) is 11.5. The Hall–Kier alpha value is -1.98. The van der Waals surface area contributed by atoms with E-state index in [1.54, 1.807) is 0 Å². The van der Waals surface area contributed by atoms with Gasteiger partial charge in [0, 0.05) is 18.2 Å². The highest BCUT2D eigenvalue weighted by Gasteiger charge is 2.36. The second-order valence-electron chi connectivity index (χ2n) is 3.82. The van der Waals surface area contributed by atoms with Gasteiger partial charge in [0.1, 0.15) is 6.04 Å². The zero-order valence-corrected chi connectivity index (χ0v) is 8.82. The van der Waals surface area contributed by atoms with Gasteiger partial charge in [-0.15, -0.1) is 0 Å². The molecule has 2 amide bonds. The van der Waals surface area contributed by atoms with Gasteiger partial charge in [0.25, 0.3) is 0 Å². The van der Waals surface area contributed by atoms with Crippen LogP contribution in [0.4, 0.5) is 14.5 Å². The van der Waals surface area contributed by atoms with Crippen molar-refractivity contribution in [3.63, 3.8) is 0 Å². The number of benzene rings is 1. The summed E-state index contributed by atoms with van der Waals surface area (Å²) < 4.78 is 25.8. The number of anilines is 1. The van der Waals surface area contributed by atoms with Gasteiger partial charge in [-0.1, -0.05) is 0 Å². The number of halogens is 2. The van der Waals surface area contributed by atoms with E-state index in [1.807, 2.05) is 0 Å². The molecular weight excluding hydrogens is 230 g/mol. The number of carbonyl (C=O) groups excluding carboxylic acids is 2. The fourth-order valence-electron chi connectivity index (χ4n) is 1.91. The summed E-state index contributed by atoms with van der Waals surface area (Å²) in [6.07, 6.45) is 0.472. The van der Waals surface area contributed by atoms with Crippen molar-refractivity contribution in [1.82, 2.24) is 0 Å². The van der Waals surface area contributed by atoms with Gasteiger partial charge in [0.2, 0.25) is 11.8 Å². The van der Waals surface area contributed by atoms with E-state index in [9.17, 15) is 18.4 Å². The fraction of sp³-hybridized carbons (Fsp3) is 0.273. The molecule has 0 radical (unpaired) electrons. The molecule has 4 nitrogen and oxygen atoms in total. The SMILES string of the molecule is NC(=O)C1CCC(=O)N1c1ccc(F)c(F)c1. The third kappa shape index (κ3) is 1.98. The Morgan fingerprint density at radius 2 is 2.06 bits per heavy atom. The lowest BCUT2D eigenvalue weighted by molar-refractivity contribution is -0.121. The largest absolute Gasteiger partial charge is 0.368 e. The number of carbonyl (C=O) groups is 2. The molecule has 1 aromatic carbocycles. The molecule has 0 aromatic heterocycles. The van der Waals surface area contributed by atoms with Gasteiger partial charge in [0.05, 0.1) is 0 Å². The molecule has 1 atom stereocenters. The van der Waals surface area contributed by atoms with Crippen LogP contribution in [-0.2, 0) is 9.59 Å². The van der Waals surface area contributed by atoms with E-state index in [4.69, 9.17) is 5.73 Å². The molecule has 2 N–H and O–H groups in total. The maximum Gasteiger partial charge on any atom is 0.240 e. The molecule has 1 aromatic rings. The van der Waals surface area contributed by atoms with Crippen molar-refractivity contribution in [1.29, 1.82) is 0 Å². The predicted octanol–water partition coefficient (Wildman–Crippen LogP) is 0.945. The lowest BCUT2D eigenvalue weighted by Gasteiger charge is -2.22. The van der Waals surface area contributed by atoms with E-state index in [0.717, 1.165) is 17.0 Å². The van der Waals surface area contributed by atoms with Crippen molar-refractivity contribution in [3.8, 4) is 0 Å². The molecule has 0 saturated carbocycles. The Kier molecular flexibility index (Phi) is 2.79. The minimum atomic E-state index is -1.06. The van der Waals surface area contributed by atoms with Crippen molar-refractivity contribution in [2.45, 2.75) is 18.9 Å². The monoisotopic (exact) mass is 240 g/mol. The number of hydrogen-bond donors (Lipinski definition) is 1. The average molecular weight is 240 g/mol. The minimum absolute atomic E-state index is 0.148. The van der Waals surface area contributed by atoms with Crippen molar-refractivity contribution in [2.75, 3.05) is 4.90 Å². The molecule has 90 valence electrons. The topological polar surface area (TPSA) is 63.4 Å². The highest BCUT2D eigenvalue weighted by atomic mass is 19.2. The molecule has 0 bridgehead atoms. The van der Waals surface area contributed by atoms with Crippen LogP contribution in [0.2, 0.25) is 0 Å². The van der Waals surface area contributed by atoms with Gasteiger partial charge < -0.3 is 5.73 Å². The molecule has 2 rings (SSSR count). The fourth-order valence-corrected chi connectivity index (χ4v) is 1.91. The second-order valence-corrected chi connectivity index (χ2v) is 3.82. The molecule has 1 saturated heterocycles. The van der Waals surface area contributed by atoms with Crippen LogP contribution in [0.5, 0.6) is 0 Å². The molecule has 1 heterocycles. The number of rotatable bonds is 2.